The fourth-order valence-electron chi connectivity index (χ4n) is 2.57. The summed E-state index contributed by atoms with van der Waals surface area (Å²) in [6, 6.07) is 13.2. The Hall–Kier alpha value is -3.49. The number of benzene rings is 2. The molecule has 2 aromatic heterocycles. The number of azo groups is 1. The van der Waals surface area contributed by atoms with Crippen molar-refractivity contribution in [1.82, 2.24) is 15.0 Å². The third kappa shape index (κ3) is 2.73. The van der Waals surface area contributed by atoms with Crippen LogP contribution in [0.3, 0.4) is 0 Å². The smallest absolute Gasteiger partial charge is 0.451 e. The van der Waals surface area contributed by atoms with Gasteiger partial charge in [0.1, 0.15) is 0 Å². The molecule has 0 spiro atoms. The minimum absolute atomic E-state index is 0.104. The quantitative estimate of drug-likeness (QED) is 0.480. The zero-order valence-electron chi connectivity index (χ0n) is 13.0. The molecule has 0 saturated carbocycles. The van der Waals surface area contributed by atoms with Gasteiger partial charge in [-0.3, -0.25) is 0 Å². The maximum absolute atomic E-state index is 13.0. The van der Waals surface area contributed by atoms with Crippen molar-refractivity contribution in [2.45, 2.75) is 6.18 Å². The van der Waals surface area contributed by atoms with Gasteiger partial charge in [-0.15, -0.1) is 10.2 Å². The summed E-state index contributed by atoms with van der Waals surface area (Å²) in [5.41, 5.74) is 0.853. The Bertz CT molecular complexity index is 1150. The van der Waals surface area contributed by atoms with Crippen molar-refractivity contribution in [1.29, 1.82) is 0 Å². The standard InChI is InChI=1S/C17H10F3N5O/c18-17(19,20)16-22-12-8-4-2-6-10(12)14(23-16)25-24-13-9-5-1-3-7-11(9)21-15(13)26/h1-8,21,26H. The number of hydrogen-bond donors (Lipinski definition) is 2. The summed E-state index contributed by atoms with van der Waals surface area (Å²) in [6.07, 6.45) is -4.71. The number of aromatic hydroxyl groups is 1. The normalized spacial score (nSPS) is 12.4. The molecule has 0 bridgehead atoms. The molecule has 9 heteroatoms. The molecule has 0 atom stereocenters. The van der Waals surface area contributed by atoms with Gasteiger partial charge in [0.15, 0.2) is 11.5 Å². The molecule has 0 radical (unpaired) electrons. The second kappa shape index (κ2) is 5.80. The van der Waals surface area contributed by atoms with Gasteiger partial charge in [0.2, 0.25) is 11.7 Å². The minimum Gasteiger partial charge on any atom is -0.493 e. The fraction of sp³-hybridized carbons (Fsp3) is 0.0588. The molecule has 0 fully saturated rings. The summed E-state index contributed by atoms with van der Waals surface area (Å²) in [5, 5.41) is 18.7. The zero-order chi connectivity index (χ0) is 18.3. The predicted octanol–water partition coefficient (Wildman–Crippen LogP) is 5.25. The second-order valence-electron chi connectivity index (χ2n) is 5.45. The molecular formula is C17H10F3N5O. The molecule has 0 saturated heterocycles. The van der Waals surface area contributed by atoms with Crippen molar-refractivity contribution in [3.05, 3.63) is 54.4 Å². The Labute approximate surface area is 144 Å². The molecule has 0 aliphatic heterocycles. The lowest BCUT2D eigenvalue weighted by atomic mass is 10.2. The number of rotatable bonds is 2. The molecule has 4 aromatic rings. The number of aromatic amines is 1. The fourth-order valence-corrected chi connectivity index (χ4v) is 2.57. The van der Waals surface area contributed by atoms with E-state index in [-0.39, 0.29) is 22.9 Å². The van der Waals surface area contributed by atoms with Crippen molar-refractivity contribution in [2.24, 2.45) is 10.2 Å². The first kappa shape index (κ1) is 16.0. The topological polar surface area (TPSA) is 86.5 Å². The highest BCUT2D eigenvalue weighted by molar-refractivity contribution is 5.94. The summed E-state index contributed by atoms with van der Waals surface area (Å²) in [5.74, 6) is -1.76. The predicted molar refractivity (Wildman–Crippen MR) is 88.7 cm³/mol. The first-order valence-electron chi connectivity index (χ1n) is 7.49. The highest BCUT2D eigenvalue weighted by atomic mass is 19.4. The Kier molecular flexibility index (Phi) is 3.57. The monoisotopic (exact) mass is 357 g/mol. The van der Waals surface area contributed by atoms with Crippen LogP contribution >= 0.6 is 0 Å². The molecule has 2 N–H and O–H groups in total. The van der Waals surface area contributed by atoms with Crippen LogP contribution in [0, 0.1) is 0 Å². The molecule has 0 amide bonds. The highest BCUT2D eigenvalue weighted by Gasteiger charge is 2.35. The van der Waals surface area contributed by atoms with E-state index in [9.17, 15) is 18.3 Å². The van der Waals surface area contributed by atoms with Gasteiger partial charge < -0.3 is 10.1 Å². The maximum Gasteiger partial charge on any atom is 0.451 e. The van der Waals surface area contributed by atoms with E-state index < -0.39 is 12.0 Å². The summed E-state index contributed by atoms with van der Waals surface area (Å²) in [4.78, 5) is 9.74. The van der Waals surface area contributed by atoms with Crippen LogP contribution in [0.5, 0.6) is 5.88 Å². The van der Waals surface area contributed by atoms with E-state index in [0.29, 0.717) is 16.3 Å². The van der Waals surface area contributed by atoms with E-state index >= 15 is 0 Å². The summed E-state index contributed by atoms with van der Waals surface area (Å²) >= 11 is 0. The second-order valence-corrected chi connectivity index (χ2v) is 5.45. The van der Waals surface area contributed by atoms with Gasteiger partial charge in [-0.25, -0.2) is 9.97 Å². The molecule has 6 nitrogen and oxygen atoms in total. The van der Waals surface area contributed by atoms with Crippen LogP contribution in [0.4, 0.5) is 24.7 Å². The third-order valence-corrected chi connectivity index (χ3v) is 3.74. The van der Waals surface area contributed by atoms with Crippen molar-refractivity contribution in [2.75, 3.05) is 0 Å². The first-order chi connectivity index (χ1) is 12.4. The van der Waals surface area contributed by atoms with E-state index in [0.717, 1.165) is 0 Å². The largest absolute Gasteiger partial charge is 0.493 e. The van der Waals surface area contributed by atoms with Crippen molar-refractivity contribution >= 4 is 33.3 Å². The minimum atomic E-state index is -4.71. The molecule has 2 heterocycles. The molecule has 2 aromatic carbocycles. The van der Waals surface area contributed by atoms with E-state index in [2.05, 4.69) is 25.2 Å². The van der Waals surface area contributed by atoms with Crippen LogP contribution in [0.2, 0.25) is 0 Å². The number of fused-ring (bicyclic) bond motifs is 2. The van der Waals surface area contributed by atoms with Crippen LogP contribution in [-0.2, 0) is 6.18 Å². The number of para-hydroxylation sites is 2. The summed E-state index contributed by atoms with van der Waals surface area (Å²) < 4.78 is 39.1. The Balaban J connectivity index is 1.88. The molecule has 0 aliphatic carbocycles. The average Bonchev–Trinajstić information content (AvgIpc) is 2.94. The molecule has 26 heavy (non-hydrogen) atoms. The van der Waals surface area contributed by atoms with Gasteiger partial charge in [-0.2, -0.15) is 13.2 Å². The van der Waals surface area contributed by atoms with Gasteiger partial charge in [0, 0.05) is 10.8 Å². The lowest BCUT2D eigenvalue weighted by Gasteiger charge is -2.07. The van der Waals surface area contributed by atoms with Crippen LogP contribution in [0.15, 0.2) is 58.8 Å². The van der Waals surface area contributed by atoms with Crippen molar-refractivity contribution in [3.63, 3.8) is 0 Å². The SMILES string of the molecule is Oc1[nH]c2ccccc2c1N=Nc1nc(C(F)(F)F)nc2ccccc12. The Morgan fingerprint density at radius 2 is 1.58 bits per heavy atom. The molecule has 0 unspecified atom stereocenters. The number of aromatic nitrogens is 3. The number of hydrogen-bond acceptors (Lipinski definition) is 5. The first-order valence-corrected chi connectivity index (χ1v) is 7.49. The van der Waals surface area contributed by atoms with Crippen LogP contribution in [0.25, 0.3) is 21.8 Å². The molecule has 130 valence electrons. The van der Waals surface area contributed by atoms with E-state index in [1.165, 1.54) is 6.07 Å². The zero-order valence-corrected chi connectivity index (χ0v) is 13.0. The number of halogens is 3. The third-order valence-electron chi connectivity index (χ3n) is 3.74. The van der Waals surface area contributed by atoms with Crippen molar-refractivity contribution < 1.29 is 18.3 Å². The van der Waals surface area contributed by atoms with E-state index in [4.69, 9.17) is 0 Å². The van der Waals surface area contributed by atoms with Crippen LogP contribution < -0.4 is 0 Å². The summed E-state index contributed by atoms with van der Waals surface area (Å²) in [6.45, 7) is 0. The van der Waals surface area contributed by atoms with E-state index in [1.54, 1.807) is 42.5 Å². The number of nitrogens with one attached hydrogen (secondary N) is 1. The number of H-pyrrole nitrogens is 1. The Morgan fingerprint density at radius 1 is 0.885 bits per heavy atom. The molecule has 0 aliphatic rings. The van der Waals surface area contributed by atoms with Gasteiger partial charge in [0.25, 0.3) is 0 Å². The average molecular weight is 357 g/mol. The molecular weight excluding hydrogens is 347 g/mol. The van der Waals surface area contributed by atoms with Crippen LogP contribution in [0.1, 0.15) is 5.82 Å². The van der Waals surface area contributed by atoms with Crippen LogP contribution in [-0.4, -0.2) is 20.1 Å². The van der Waals surface area contributed by atoms with Gasteiger partial charge >= 0.3 is 6.18 Å². The summed E-state index contributed by atoms with van der Waals surface area (Å²) in [7, 11) is 0. The van der Waals surface area contributed by atoms with Gasteiger partial charge in [-0.05, 0) is 18.2 Å². The van der Waals surface area contributed by atoms with Gasteiger partial charge in [-0.1, -0.05) is 30.3 Å². The number of alkyl halides is 3. The van der Waals surface area contributed by atoms with Gasteiger partial charge in [0.05, 0.1) is 11.0 Å². The lowest BCUT2D eigenvalue weighted by Crippen LogP contribution is -2.10. The maximum atomic E-state index is 13.0. The lowest BCUT2D eigenvalue weighted by molar-refractivity contribution is -0.144. The Morgan fingerprint density at radius 3 is 2.35 bits per heavy atom. The highest BCUT2D eigenvalue weighted by Crippen LogP contribution is 2.37. The van der Waals surface area contributed by atoms with Crippen molar-refractivity contribution in [3.8, 4) is 5.88 Å². The van der Waals surface area contributed by atoms with E-state index in [1.807, 2.05) is 0 Å². The number of nitrogens with zero attached hydrogens (tertiary/aromatic N) is 4. The molecule has 4 rings (SSSR count).